The molecular formula is C11H18N4O3S3. The van der Waals surface area contributed by atoms with Crippen LogP contribution in [0.5, 0.6) is 0 Å². The van der Waals surface area contributed by atoms with E-state index in [-0.39, 0.29) is 28.7 Å². The van der Waals surface area contributed by atoms with Crippen molar-refractivity contribution in [1.82, 2.24) is 15.1 Å². The zero-order valence-corrected chi connectivity index (χ0v) is 14.3. The molecule has 7 nitrogen and oxygen atoms in total. The second-order valence-electron chi connectivity index (χ2n) is 4.85. The first-order chi connectivity index (χ1) is 9.82. The summed E-state index contributed by atoms with van der Waals surface area (Å²) in [5, 5.41) is 7.62. The molecule has 10 heteroatoms. The molecule has 2 rings (SSSR count). The maximum atomic E-state index is 12.5. The van der Waals surface area contributed by atoms with E-state index in [9.17, 15) is 13.2 Å². The Kier molecular flexibility index (Phi) is 5.10. The molecule has 1 aromatic rings. The molecule has 2 N–H and O–H groups in total. The van der Waals surface area contributed by atoms with Crippen LogP contribution in [0.2, 0.25) is 0 Å². The lowest BCUT2D eigenvalue weighted by Gasteiger charge is -2.29. The Morgan fingerprint density at radius 2 is 2.29 bits per heavy atom. The van der Waals surface area contributed by atoms with Crippen LogP contribution in [-0.4, -0.2) is 58.8 Å². The number of nitrogens with zero attached hydrogens (tertiary/aromatic N) is 3. The summed E-state index contributed by atoms with van der Waals surface area (Å²) in [7, 11) is -3.00. The Morgan fingerprint density at radius 3 is 2.76 bits per heavy atom. The van der Waals surface area contributed by atoms with Gasteiger partial charge in [0.15, 0.2) is 14.2 Å². The number of carbonyl (C=O) groups is 1. The van der Waals surface area contributed by atoms with Crippen LogP contribution >= 0.6 is 23.1 Å². The Morgan fingerprint density at radius 1 is 1.57 bits per heavy atom. The van der Waals surface area contributed by atoms with E-state index in [4.69, 9.17) is 5.73 Å². The second kappa shape index (κ2) is 6.49. The molecule has 0 aromatic carbocycles. The first-order valence-corrected chi connectivity index (χ1v) is 10.1. The zero-order chi connectivity index (χ0) is 15.6. The third-order valence-electron chi connectivity index (χ3n) is 3.32. The fourth-order valence-corrected chi connectivity index (χ4v) is 5.90. The van der Waals surface area contributed by atoms with Gasteiger partial charge in [-0.2, -0.15) is 0 Å². The minimum atomic E-state index is -3.00. The van der Waals surface area contributed by atoms with Crippen molar-refractivity contribution in [3.05, 3.63) is 0 Å². The van der Waals surface area contributed by atoms with Crippen molar-refractivity contribution >= 4 is 44.0 Å². The summed E-state index contributed by atoms with van der Waals surface area (Å²) in [4.78, 5) is 14.2. The lowest BCUT2D eigenvalue weighted by atomic mass is 10.2. The Bertz CT molecular complexity index is 616. The van der Waals surface area contributed by atoms with Gasteiger partial charge < -0.3 is 10.6 Å². The van der Waals surface area contributed by atoms with E-state index in [1.165, 1.54) is 23.1 Å². The molecule has 1 fully saturated rings. The van der Waals surface area contributed by atoms with Gasteiger partial charge in [-0.05, 0) is 20.3 Å². The minimum Gasteiger partial charge on any atom is -0.374 e. The minimum absolute atomic E-state index is 0.0652. The number of amides is 1. The molecule has 118 valence electrons. The summed E-state index contributed by atoms with van der Waals surface area (Å²) < 4.78 is 23.8. The zero-order valence-electron chi connectivity index (χ0n) is 11.9. The van der Waals surface area contributed by atoms with E-state index in [0.717, 1.165) is 0 Å². The number of carbonyl (C=O) groups excluding carboxylic acids is 1. The van der Waals surface area contributed by atoms with E-state index in [0.29, 0.717) is 22.4 Å². The van der Waals surface area contributed by atoms with E-state index in [2.05, 4.69) is 10.2 Å². The highest BCUT2D eigenvalue weighted by Gasteiger charge is 2.35. The topological polar surface area (TPSA) is 106 Å². The standard InChI is InChI=1S/C11H18N4O3S3/c1-3-15(8-4-5-21(17,18)6-8)9(16)7(2)19-11-14-13-10(12)20-11/h7-8H,3-6H2,1-2H3,(H2,12,13). The number of nitrogens with two attached hydrogens (primary N) is 1. The smallest absolute Gasteiger partial charge is 0.236 e. The normalized spacial score (nSPS) is 22.1. The van der Waals surface area contributed by atoms with Crippen LogP contribution in [0.4, 0.5) is 5.13 Å². The Balaban J connectivity index is 2.02. The van der Waals surface area contributed by atoms with E-state index >= 15 is 0 Å². The third-order valence-corrected chi connectivity index (χ3v) is 6.99. The fraction of sp³-hybridized carbons (Fsp3) is 0.727. The quantitative estimate of drug-likeness (QED) is 0.776. The number of hydrogen-bond donors (Lipinski definition) is 1. The van der Waals surface area contributed by atoms with Crippen LogP contribution in [0.3, 0.4) is 0 Å². The van der Waals surface area contributed by atoms with Crippen molar-refractivity contribution in [3.8, 4) is 0 Å². The Hall–Kier alpha value is -0.870. The van der Waals surface area contributed by atoms with Crippen molar-refractivity contribution in [2.75, 3.05) is 23.8 Å². The maximum absolute atomic E-state index is 12.5. The molecule has 2 atom stereocenters. The Labute approximate surface area is 132 Å². The molecule has 1 aliphatic heterocycles. The largest absolute Gasteiger partial charge is 0.374 e. The van der Waals surface area contributed by atoms with Crippen LogP contribution in [0, 0.1) is 0 Å². The molecule has 1 aliphatic rings. The third kappa shape index (κ3) is 4.07. The number of rotatable bonds is 5. The highest BCUT2D eigenvalue weighted by molar-refractivity contribution is 8.02. The number of anilines is 1. The van der Waals surface area contributed by atoms with Gasteiger partial charge in [0.1, 0.15) is 0 Å². The lowest BCUT2D eigenvalue weighted by Crippen LogP contribution is -2.44. The number of nitrogen functional groups attached to an aromatic ring is 1. The van der Waals surface area contributed by atoms with Gasteiger partial charge in [-0.1, -0.05) is 23.1 Å². The first kappa shape index (κ1) is 16.5. The summed E-state index contributed by atoms with van der Waals surface area (Å²) in [6, 6.07) is -0.213. The van der Waals surface area contributed by atoms with Gasteiger partial charge in [-0.3, -0.25) is 4.79 Å². The summed E-state index contributed by atoms with van der Waals surface area (Å²) in [6.07, 6.45) is 0.519. The monoisotopic (exact) mass is 350 g/mol. The van der Waals surface area contributed by atoms with E-state index < -0.39 is 9.84 Å². The van der Waals surface area contributed by atoms with Crippen LogP contribution in [0.25, 0.3) is 0 Å². The molecule has 21 heavy (non-hydrogen) atoms. The van der Waals surface area contributed by atoms with Gasteiger partial charge in [0.25, 0.3) is 0 Å². The molecule has 2 unspecified atom stereocenters. The van der Waals surface area contributed by atoms with Gasteiger partial charge in [0, 0.05) is 12.6 Å². The lowest BCUT2D eigenvalue weighted by molar-refractivity contribution is -0.131. The number of hydrogen-bond acceptors (Lipinski definition) is 8. The predicted molar refractivity (Wildman–Crippen MR) is 84.1 cm³/mol. The second-order valence-corrected chi connectivity index (χ2v) is 9.67. The van der Waals surface area contributed by atoms with Gasteiger partial charge in [-0.15, -0.1) is 10.2 Å². The number of aromatic nitrogens is 2. The summed E-state index contributed by atoms with van der Waals surface area (Å²) in [5.74, 6) is 0.157. The molecule has 0 aliphatic carbocycles. The molecule has 1 aromatic heterocycles. The van der Waals surface area contributed by atoms with Gasteiger partial charge >= 0.3 is 0 Å². The van der Waals surface area contributed by atoms with Crippen molar-refractivity contribution in [2.45, 2.75) is 35.9 Å². The van der Waals surface area contributed by atoms with Crippen LogP contribution < -0.4 is 5.73 Å². The average Bonchev–Trinajstić information content (AvgIpc) is 2.96. The number of sulfone groups is 1. The summed E-state index contributed by atoms with van der Waals surface area (Å²) >= 11 is 2.54. The van der Waals surface area contributed by atoms with Crippen LogP contribution in [0.1, 0.15) is 20.3 Å². The highest BCUT2D eigenvalue weighted by Crippen LogP contribution is 2.29. The SMILES string of the molecule is CCN(C(=O)C(C)Sc1nnc(N)s1)C1CCS(=O)(=O)C1. The first-order valence-electron chi connectivity index (χ1n) is 6.59. The van der Waals surface area contributed by atoms with E-state index in [1.807, 2.05) is 6.92 Å². The van der Waals surface area contributed by atoms with Crippen molar-refractivity contribution < 1.29 is 13.2 Å². The van der Waals surface area contributed by atoms with E-state index in [1.54, 1.807) is 11.8 Å². The van der Waals surface area contributed by atoms with Crippen molar-refractivity contribution in [2.24, 2.45) is 0 Å². The van der Waals surface area contributed by atoms with Crippen LogP contribution in [0.15, 0.2) is 4.34 Å². The van der Waals surface area contributed by atoms with Crippen molar-refractivity contribution in [3.63, 3.8) is 0 Å². The molecule has 0 bridgehead atoms. The molecule has 0 radical (unpaired) electrons. The molecule has 0 saturated carbocycles. The molecule has 0 spiro atoms. The molecule has 2 heterocycles. The number of thioether (sulfide) groups is 1. The van der Waals surface area contributed by atoms with Crippen LogP contribution in [-0.2, 0) is 14.6 Å². The van der Waals surface area contributed by atoms with Gasteiger partial charge in [0.05, 0.1) is 16.8 Å². The maximum Gasteiger partial charge on any atom is 0.236 e. The highest BCUT2D eigenvalue weighted by atomic mass is 32.2. The van der Waals surface area contributed by atoms with Gasteiger partial charge in [-0.25, -0.2) is 8.42 Å². The molecular weight excluding hydrogens is 332 g/mol. The molecule has 1 amide bonds. The average molecular weight is 350 g/mol. The summed E-state index contributed by atoms with van der Waals surface area (Å²) in [5.41, 5.74) is 5.52. The molecule has 1 saturated heterocycles. The summed E-state index contributed by atoms with van der Waals surface area (Å²) in [6.45, 7) is 4.15. The van der Waals surface area contributed by atoms with Crippen molar-refractivity contribution in [1.29, 1.82) is 0 Å². The predicted octanol–water partition coefficient (Wildman–Crippen LogP) is 0.636. The fourth-order valence-electron chi connectivity index (χ4n) is 2.32. The van der Waals surface area contributed by atoms with Gasteiger partial charge in [0.2, 0.25) is 11.0 Å².